The topological polar surface area (TPSA) is 59.8 Å². The Bertz CT molecular complexity index is 1220. The van der Waals surface area contributed by atoms with Crippen molar-refractivity contribution in [2.24, 2.45) is 0 Å². The molecule has 0 unspecified atom stereocenters. The van der Waals surface area contributed by atoms with Crippen molar-refractivity contribution < 1.29 is 18.0 Å². The van der Waals surface area contributed by atoms with Crippen LogP contribution in [0.5, 0.6) is 0 Å². The smallest absolute Gasteiger partial charge is 0.298 e. The van der Waals surface area contributed by atoms with Crippen LogP contribution >= 0.6 is 34.5 Å². The number of nitrogens with one attached hydrogen (secondary N) is 1. The van der Waals surface area contributed by atoms with Gasteiger partial charge in [0.1, 0.15) is 0 Å². The van der Waals surface area contributed by atoms with Gasteiger partial charge in [0.05, 0.1) is 27.7 Å². The quantitative estimate of drug-likeness (QED) is 0.407. The summed E-state index contributed by atoms with van der Waals surface area (Å²) >= 11 is 12.8. The summed E-state index contributed by atoms with van der Waals surface area (Å²) in [5.74, 6) is -0.970. The monoisotopic (exact) mass is 456 g/mol. The molecule has 0 saturated carbocycles. The minimum absolute atomic E-state index is 0.121. The first-order chi connectivity index (χ1) is 13.7. The van der Waals surface area contributed by atoms with Crippen LogP contribution in [0.1, 0.15) is 16.1 Å². The van der Waals surface area contributed by atoms with Gasteiger partial charge in [-0.15, -0.1) is 0 Å². The Kier molecular flexibility index (Phi) is 4.97. The van der Waals surface area contributed by atoms with Crippen molar-refractivity contribution in [1.82, 2.24) is 14.8 Å². The highest BCUT2D eigenvalue weighted by molar-refractivity contribution is 7.22. The number of halogens is 5. The number of nitrogens with zero attached hydrogens (tertiary/aromatic N) is 3. The summed E-state index contributed by atoms with van der Waals surface area (Å²) in [5.41, 5.74) is -1.12. The van der Waals surface area contributed by atoms with Gasteiger partial charge in [0.25, 0.3) is 5.91 Å². The standard InChI is InChI=1S/C18H9Cl2F3N4OS/c19-9-1-4-11(5-2-9)27-15(18(21,22)23)12(8-24-27)16(28)26-17-25-13-6-3-10(20)7-14(13)29-17/h1-8H,(H,25,26,28). The minimum Gasteiger partial charge on any atom is -0.298 e. The van der Waals surface area contributed by atoms with E-state index in [1.165, 1.54) is 24.3 Å². The fourth-order valence-electron chi connectivity index (χ4n) is 2.68. The number of hydrogen-bond acceptors (Lipinski definition) is 4. The third-order valence-electron chi connectivity index (χ3n) is 3.92. The Morgan fingerprint density at radius 3 is 2.45 bits per heavy atom. The highest BCUT2D eigenvalue weighted by Gasteiger charge is 2.40. The van der Waals surface area contributed by atoms with Crippen LogP contribution in [-0.2, 0) is 6.18 Å². The van der Waals surface area contributed by atoms with Crippen LogP contribution in [0.4, 0.5) is 18.3 Å². The van der Waals surface area contributed by atoms with Gasteiger partial charge in [-0.3, -0.25) is 10.1 Å². The molecule has 4 rings (SSSR count). The van der Waals surface area contributed by atoms with Gasteiger partial charge in [0.2, 0.25) is 0 Å². The van der Waals surface area contributed by atoms with Gasteiger partial charge < -0.3 is 0 Å². The van der Waals surface area contributed by atoms with Crippen molar-refractivity contribution in [2.75, 3.05) is 5.32 Å². The number of anilines is 1. The largest absolute Gasteiger partial charge is 0.434 e. The first kappa shape index (κ1) is 19.7. The van der Waals surface area contributed by atoms with Crippen LogP contribution in [-0.4, -0.2) is 20.7 Å². The Labute approximate surface area is 175 Å². The molecule has 2 aromatic heterocycles. The maximum Gasteiger partial charge on any atom is 0.434 e. The lowest BCUT2D eigenvalue weighted by molar-refractivity contribution is -0.143. The number of fused-ring (bicyclic) bond motifs is 1. The number of benzene rings is 2. The Morgan fingerprint density at radius 2 is 1.76 bits per heavy atom. The SMILES string of the molecule is O=C(Nc1nc2ccc(Cl)cc2s1)c1cnn(-c2ccc(Cl)cc2)c1C(F)(F)F. The summed E-state index contributed by atoms with van der Waals surface area (Å²) in [6, 6.07) is 10.6. The lowest BCUT2D eigenvalue weighted by atomic mass is 10.2. The van der Waals surface area contributed by atoms with Crippen LogP contribution < -0.4 is 5.32 Å². The van der Waals surface area contributed by atoms with Crippen molar-refractivity contribution in [1.29, 1.82) is 0 Å². The first-order valence-corrected chi connectivity index (χ1v) is 9.58. The van der Waals surface area contributed by atoms with Crippen LogP contribution in [0.15, 0.2) is 48.7 Å². The molecule has 0 aliphatic carbocycles. The van der Waals surface area contributed by atoms with Crippen molar-refractivity contribution in [3.05, 3.63) is 70.0 Å². The van der Waals surface area contributed by atoms with Crippen molar-refractivity contribution in [3.63, 3.8) is 0 Å². The van der Waals surface area contributed by atoms with E-state index >= 15 is 0 Å². The third kappa shape index (κ3) is 3.93. The predicted molar refractivity (Wildman–Crippen MR) is 106 cm³/mol. The second-order valence-electron chi connectivity index (χ2n) is 5.88. The second-order valence-corrected chi connectivity index (χ2v) is 7.78. The van der Waals surface area contributed by atoms with Crippen LogP contribution in [0.25, 0.3) is 15.9 Å². The van der Waals surface area contributed by atoms with E-state index in [-0.39, 0.29) is 10.8 Å². The van der Waals surface area contributed by atoms with Gasteiger partial charge in [-0.05, 0) is 42.5 Å². The summed E-state index contributed by atoms with van der Waals surface area (Å²) in [5, 5.41) is 7.17. The van der Waals surface area contributed by atoms with E-state index in [2.05, 4.69) is 15.4 Å². The Balaban J connectivity index is 1.71. The van der Waals surface area contributed by atoms with E-state index in [1.54, 1.807) is 18.2 Å². The molecule has 0 bridgehead atoms. The van der Waals surface area contributed by atoms with E-state index in [0.717, 1.165) is 17.5 Å². The summed E-state index contributed by atoms with van der Waals surface area (Å²) in [7, 11) is 0. The molecule has 2 aromatic carbocycles. The van der Waals surface area contributed by atoms with E-state index in [1.807, 2.05) is 0 Å². The van der Waals surface area contributed by atoms with Crippen molar-refractivity contribution >= 4 is 55.8 Å². The maximum absolute atomic E-state index is 13.7. The van der Waals surface area contributed by atoms with Crippen LogP contribution in [0.3, 0.4) is 0 Å². The number of aromatic nitrogens is 3. The number of hydrogen-bond donors (Lipinski definition) is 1. The highest BCUT2D eigenvalue weighted by Crippen LogP contribution is 2.35. The second kappa shape index (κ2) is 7.33. The molecule has 0 aliphatic heterocycles. The number of thiazole rings is 1. The molecule has 1 amide bonds. The molecular weight excluding hydrogens is 448 g/mol. The van der Waals surface area contributed by atoms with Gasteiger partial charge in [-0.1, -0.05) is 34.5 Å². The van der Waals surface area contributed by atoms with E-state index in [9.17, 15) is 18.0 Å². The van der Waals surface area contributed by atoms with Gasteiger partial charge in [0, 0.05) is 10.0 Å². The first-order valence-electron chi connectivity index (χ1n) is 8.01. The van der Waals surface area contributed by atoms with Gasteiger partial charge >= 0.3 is 6.18 Å². The molecule has 0 saturated heterocycles. The zero-order valence-corrected chi connectivity index (χ0v) is 16.5. The lowest BCUT2D eigenvalue weighted by Gasteiger charge is -2.12. The molecule has 148 valence electrons. The van der Waals surface area contributed by atoms with Gasteiger partial charge in [0.15, 0.2) is 10.8 Å². The zero-order valence-electron chi connectivity index (χ0n) is 14.2. The van der Waals surface area contributed by atoms with E-state index in [4.69, 9.17) is 23.2 Å². The summed E-state index contributed by atoms with van der Waals surface area (Å²) in [6.45, 7) is 0. The average Bonchev–Trinajstić information content (AvgIpc) is 3.25. The zero-order chi connectivity index (χ0) is 20.8. The number of amides is 1. The molecule has 0 fully saturated rings. The molecule has 1 N–H and O–H groups in total. The summed E-state index contributed by atoms with van der Waals surface area (Å²) in [4.78, 5) is 16.8. The molecule has 5 nitrogen and oxygen atoms in total. The number of carbonyl (C=O) groups is 1. The summed E-state index contributed by atoms with van der Waals surface area (Å²) in [6.07, 6.45) is -3.94. The van der Waals surface area contributed by atoms with E-state index in [0.29, 0.717) is 24.9 Å². The molecule has 0 aliphatic rings. The molecule has 2 heterocycles. The molecule has 11 heteroatoms. The molecular formula is C18H9Cl2F3N4OS. The number of rotatable bonds is 3. The minimum atomic E-state index is -4.82. The Morgan fingerprint density at radius 1 is 1.07 bits per heavy atom. The third-order valence-corrected chi connectivity index (χ3v) is 5.35. The fourth-order valence-corrected chi connectivity index (χ4v) is 3.94. The van der Waals surface area contributed by atoms with E-state index < -0.39 is 23.3 Å². The molecule has 4 aromatic rings. The van der Waals surface area contributed by atoms with Crippen LogP contribution in [0.2, 0.25) is 10.0 Å². The lowest BCUT2D eigenvalue weighted by Crippen LogP contribution is -2.20. The Hall–Kier alpha value is -2.62. The van der Waals surface area contributed by atoms with Gasteiger partial charge in [-0.25, -0.2) is 9.67 Å². The molecule has 29 heavy (non-hydrogen) atoms. The molecule has 0 radical (unpaired) electrons. The summed E-state index contributed by atoms with van der Waals surface area (Å²) < 4.78 is 42.5. The fraction of sp³-hybridized carbons (Fsp3) is 0.0556. The highest BCUT2D eigenvalue weighted by atomic mass is 35.5. The van der Waals surface area contributed by atoms with Crippen molar-refractivity contribution in [3.8, 4) is 5.69 Å². The number of carbonyl (C=O) groups excluding carboxylic acids is 1. The maximum atomic E-state index is 13.7. The molecule has 0 spiro atoms. The van der Waals surface area contributed by atoms with Gasteiger partial charge in [-0.2, -0.15) is 18.3 Å². The average molecular weight is 457 g/mol. The normalized spacial score (nSPS) is 11.8. The van der Waals surface area contributed by atoms with Crippen molar-refractivity contribution in [2.45, 2.75) is 6.18 Å². The van der Waals surface area contributed by atoms with Crippen LogP contribution in [0, 0.1) is 0 Å². The predicted octanol–water partition coefficient (Wildman–Crippen LogP) is 6.06. The molecule has 0 atom stereocenters. The number of alkyl halides is 3.